The number of halogens is 1. The molecule has 49 heavy (non-hydrogen) atoms. The highest BCUT2D eigenvalue weighted by molar-refractivity contribution is 6.31. The lowest BCUT2D eigenvalue weighted by molar-refractivity contribution is -0.159. The highest BCUT2D eigenvalue weighted by atomic mass is 35.5. The average molecular weight is 675 g/mol. The molecule has 8 nitrogen and oxygen atoms in total. The van der Waals surface area contributed by atoms with E-state index in [1.807, 2.05) is 80.5 Å². The van der Waals surface area contributed by atoms with Crippen molar-refractivity contribution < 1.29 is 28.4 Å². The molecule has 0 aliphatic heterocycles. The van der Waals surface area contributed by atoms with Crippen molar-refractivity contribution in [1.82, 2.24) is 10.1 Å². The zero-order valence-corrected chi connectivity index (χ0v) is 28.4. The molecule has 0 bridgehead atoms. The second kappa shape index (κ2) is 11.8. The van der Waals surface area contributed by atoms with Gasteiger partial charge in [0.05, 0.1) is 12.0 Å². The number of nitrogens with zero attached hydrogens (tertiary/aromatic N) is 2. The number of hydrogen-bond donors (Lipinski definition) is 0. The highest BCUT2D eigenvalue weighted by Gasteiger charge is 2.68. The Bertz CT molecular complexity index is 2170. The summed E-state index contributed by atoms with van der Waals surface area (Å²) < 4.78 is 17.9. The zero-order chi connectivity index (χ0) is 34.2. The lowest BCUT2D eigenvalue weighted by Crippen LogP contribution is -2.67. The normalized spacial score (nSPS) is 24.4. The Morgan fingerprint density at radius 2 is 1.73 bits per heavy atom. The minimum Gasteiger partial charge on any atom is -0.470 e. The summed E-state index contributed by atoms with van der Waals surface area (Å²) in [6.07, 6.45) is 0.943. The molecule has 0 spiro atoms. The molecule has 5 atom stereocenters. The maximum atomic E-state index is 14.9. The molecule has 1 fully saturated rings. The van der Waals surface area contributed by atoms with E-state index in [2.05, 4.69) is 29.4 Å². The van der Waals surface area contributed by atoms with E-state index in [9.17, 15) is 14.4 Å². The molecular formula is C40H35ClN2O6. The molecule has 248 valence electrons. The Hall–Kier alpha value is -4.63. The number of Topliss-reactive ketones (excluding diaryl/α,β-unsaturated/α-hetero) is 3. The SMILES string of the molecule is COC12C(=O)c3c(OCc4ccccc4)noc3C(N(C)C)C1CC1Cc3cc4ccc(-c5cccc(Cl)c5)cc4c(C)c3C(=O)C1C2=O. The number of ether oxygens (including phenoxy) is 2. The average Bonchev–Trinajstić information content (AvgIpc) is 3.51. The van der Waals surface area contributed by atoms with Crippen LogP contribution >= 0.6 is 11.6 Å². The molecule has 0 N–H and O–H groups in total. The summed E-state index contributed by atoms with van der Waals surface area (Å²) in [5.74, 6) is -2.91. The van der Waals surface area contributed by atoms with E-state index in [1.165, 1.54) is 7.11 Å². The van der Waals surface area contributed by atoms with Crippen molar-refractivity contribution in [1.29, 1.82) is 0 Å². The Morgan fingerprint density at radius 1 is 0.959 bits per heavy atom. The number of carbonyl (C=O) groups excluding carboxylic acids is 3. The fourth-order valence-electron chi connectivity index (χ4n) is 8.68. The van der Waals surface area contributed by atoms with E-state index < -0.39 is 35.0 Å². The minimum absolute atomic E-state index is 0.0126. The first-order chi connectivity index (χ1) is 23.6. The number of fused-ring (bicyclic) bond motifs is 5. The number of aromatic nitrogens is 1. The van der Waals surface area contributed by atoms with Crippen LogP contribution in [0.5, 0.6) is 5.88 Å². The maximum Gasteiger partial charge on any atom is 0.265 e. The summed E-state index contributed by atoms with van der Waals surface area (Å²) in [6, 6.07) is 24.9. The van der Waals surface area contributed by atoms with Crippen LogP contribution in [0.25, 0.3) is 21.9 Å². The summed E-state index contributed by atoms with van der Waals surface area (Å²) in [5, 5.41) is 6.77. The van der Waals surface area contributed by atoms with E-state index in [0.29, 0.717) is 29.2 Å². The Labute approximate surface area is 288 Å². The van der Waals surface area contributed by atoms with Crippen molar-refractivity contribution in [3.63, 3.8) is 0 Å². The standard InChI is InChI=1S/C40H35ClN2O6/c1-21-29-18-24(23-11-8-12-28(41)17-23)13-14-25(29)15-26-16-27-19-30-34(43(2)3)36-33(39(42-49-36)48-20-22-9-6-5-7-10-22)38(46)40(30,47-4)37(45)32(27)35(44)31(21)26/h5-15,17-18,27,30,32,34H,16,19-20H2,1-4H3. The predicted molar refractivity (Wildman–Crippen MR) is 185 cm³/mol. The Kier molecular flexibility index (Phi) is 7.59. The smallest absolute Gasteiger partial charge is 0.265 e. The van der Waals surface area contributed by atoms with E-state index in [0.717, 1.165) is 38.6 Å². The number of carbonyl (C=O) groups is 3. The van der Waals surface area contributed by atoms with Crippen LogP contribution in [0, 0.1) is 24.7 Å². The van der Waals surface area contributed by atoms with Crippen molar-refractivity contribution in [3.8, 4) is 17.0 Å². The van der Waals surface area contributed by atoms with Gasteiger partial charge >= 0.3 is 0 Å². The third-order valence-electron chi connectivity index (χ3n) is 10.8. The molecule has 3 aliphatic carbocycles. The molecular weight excluding hydrogens is 640 g/mol. The van der Waals surface area contributed by atoms with E-state index in [4.69, 9.17) is 25.6 Å². The second-order valence-corrected chi connectivity index (χ2v) is 14.1. The molecule has 1 heterocycles. The van der Waals surface area contributed by atoms with Gasteiger partial charge in [0.25, 0.3) is 5.88 Å². The summed E-state index contributed by atoms with van der Waals surface area (Å²) in [5.41, 5.74) is 3.32. The van der Waals surface area contributed by atoms with E-state index in [1.54, 1.807) is 0 Å². The minimum atomic E-state index is -1.91. The summed E-state index contributed by atoms with van der Waals surface area (Å²) in [4.78, 5) is 46.2. The first-order valence-electron chi connectivity index (χ1n) is 16.5. The van der Waals surface area contributed by atoms with Crippen LogP contribution in [0.3, 0.4) is 0 Å². The summed E-state index contributed by atoms with van der Waals surface area (Å²) >= 11 is 6.29. The van der Waals surface area contributed by atoms with Gasteiger partial charge in [0.1, 0.15) is 12.2 Å². The van der Waals surface area contributed by atoms with Gasteiger partial charge in [-0.05, 0) is 102 Å². The topological polar surface area (TPSA) is 98.9 Å². The van der Waals surface area contributed by atoms with Crippen LogP contribution in [0.2, 0.25) is 5.02 Å². The van der Waals surface area contributed by atoms with Crippen molar-refractivity contribution in [2.24, 2.45) is 17.8 Å². The number of methoxy groups -OCH3 is 1. The van der Waals surface area contributed by atoms with Gasteiger partial charge in [-0.1, -0.05) is 72.3 Å². The molecule has 5 unspecified atom stereocenters. The van der Waals surface area contributed by atoms with Crippen LogP contribution in [0.1, 0.15) is 55.6 Å². The van der Waals surface area contributed by atoms with E-state index in [-0.39, 0.29) is 29.8 Å². The molecule has 8 rings (SSSR count). The number of ketones is 3. The Balaban J connectivity index is 1.21. The number of aryl methyl sites for hydroxylation is 1. The largest absolute Gasteiger partial charge is 0.470 e. The molecule has 0 saturated heterocycles. The van der Waals surface area contributed by atoms with Crippen molar-refractivity contribution in [2.45, 2.75) is 38.0 Å². The first kappa shape index (κ1) is 31.6. The third kappa shape index (κ3) is 4.72. The number of benzene rings is 4. The van der Waals surface area contributed by atoms with Crippen LogP contribution in [0.4, 0.5) is 0 Å². The van der Waals surface area contributed by atoms with E-state index >= 15 is 0 Å². The molecule has 0 radical (unpaired) electrons. The van der Waals surface area contributed by atoms with Crippen molar-refractivity contribution in [2.75, 3.05) is 21.2 Å². The molecule has 1 aromatic heterocycles. The van der Waals surface area contributed by atoms with Gasteiger partial charge in [0.2, 0.25) is 5.78 Å². The Morgan fingerprint density at radius 3 is 2.47 bits per heavy atom. The monoisotopic (exact) mass is 674 g/mol. The molecule has 3 aliphatic rings. The van der Waals surface area contributed by atoms with Gasteiger partial charge in [-0.25, -0.2) is 0 Å². The van der Waals surface area contributed by atoms with Crippen LogP contribution in [0.15, 0.2) is 83.4 Å². The number of rotatable bonds is 6. The van der Waals surface area contributed by atoms with Gasteiger partial charge in [0, 0.05) is 23.6 Å². The third-order valence-corrected chi connectivity index (χ3v) is 11.1. The fourth-order valence-corrected chi connectivity index (χ4v) is 8.87. The van der Waals surface area contributed by atoms with Crippen LogP contribution in [-0.4, -0.2) is 54.2 Å². The van der Waals surface area contributed by atoms with Crippen molar-refractivity contribution in [3.05, 3.63) is 117 Å². The van der Waals surface area contributed by atoms with Gasteiger partial charge in [-0.2, -0.15) is 0 Å². The van der Waals surface area contributed by atoms with Gasteiger partial charge < -0.3 is 14.0 Å². The summed E-state index contributed by atoms with van der Waals surface area (Å²) in [7, 11) is 5.14. The lowest BCUT2D eigenvalue weighted by Gasteiger charge is -2.52. The predicted octanol–water partition coefficient (Wildman–Crippen LogP) is 7.48. The summed E-state index contributed by atoms with van der Waals surface area (Å²) in [6.45, 7) is 2.10. The molecule has 0 amide bonds. The fraction of sp³-hybridized carbons (Fsp3) is 0.300. The first-order valence-corrected chi connectivity index (χ1v) is 16.8. The molecule has 5 aromatic rings. The van der Waals surface area contributed by atoms with Gasteiger partial charge in [0.15, 0.2) is 22.9 Å². The molecule has 9 heteroatoms. The number of hydrogen-bond acceptors (Lipinski definition) is 8. The highest BCUT2D eigenvalue weighted by Crippen LogP contribution is 2.56. The lowest BCUT2D eigenvalue weighted by atomic mass is 9.54. The van der Waals surface area contributed by atoms with Crippen molar-refractivity contribution >= 4 is 39.7 Å². The van der Waals surface area contributed by atoms with Crippen LogP contribution < -0.4 is 4.74 Å². The second-order valence-electron chi connectivity index (χ2n) is 13.7. The van der Waals surface area contributed by atoms with Gasteiger partial charge in [-0.15, -0.1) is 0 Å². The van der Waals surface area contributed by atoms with Crippen LogP contribution in [-0.2, 0) is 22.6 Å². The molecule has 1 saturated carbocycles. The quantitative estimate of drug-likeness (QED) is 0.171. The maximum absolute atomic E-state index is 14.9. The molecule has 4 aromatic carbocycles. The zero-order valence-electron chi connectivity index (χ0n) is 27.7. The van der Waals surface area contributed by atoms with Gasteiger partial charge in [-0.3, -0.25) is 19.3 Å².